The van der Waals surface area contributed by atoms with Crippen LogP contribution in [0.4, 0.5) is 0 Å². The summed E-state index contributed by atoms with van der Waals surface area (Å²) in [5.74, 6) is 0.840. The molecule has 2 N–H and O–H groups in total. The molecule has 11 heteroatoms. The van der Waals surface area contributed by atoms with Gasteiger partial charge in [-0.2, -0.15) is 10.2 Å². The molecule has 4 heterocycles. The van der Waals surface area contributed by atoms with Gasteiger partial charge in [-0.05, 0) is 96.4 Å². The van der Waals surface area contributed by atoms with E-state index < -0.39 is 11.2 Å². The molecule has 2 saturated carbocycles. The first kappa shape index (κ1) is 36.7. The van der Waals surface area contributed by atoms with E-state index in [2.05, 4.69) is 68.5 Å². The summed E-state index contributed by atoms with van der Waals surface area (Å²) in [4.78, 5) is 24.2. The zero-order valence-corrected chi connectivity index (χ0v) is 32.7. The number of nitrogens with two attached hydrogens (primary N) is 1. The van der Waals surface area contributed by atoms with Crippen LogP contribution < -0.4 is 5.73 Å². The second-order valence-electron chi connectivity index (χ2n) is 15.1. The van der Waals surface area contributed by atoms with Gasteiger partial charge in [-0.3, -0.25) is 14.2 Å². The Balaban J connectivity index is 0.000000161. The van der Waals surface area contributed by atoms with Crippen molar-refractivity contribution in [3.63, 3.8) is 0 Å². The van der Waals surface area contributed by atoms with Crippen molar-refractivity contribution in [2.75, 3.05) is 0 Å². The number of benzene rings is 2. The Hall–Kier alpha value is -4.09. The van der Waals surface area contributed by atoms with E-state index in [-0.39, 0.29) is 5.78 Å². The predicted molar refractivity (Wildman–Crippen MR) is 204 cm³/mol. The van der Waals surface area contributed by atoms with Gasteiger partial charge >= 0.3 is 0 Å². The minimum absolute atomic E-state index is 0.247. The number of hydrogen-bond donors (Lipinski definition) is 1. The molecule has 270 valence electrons. The molecule has 4 aliphatic rings. The molecule has 2 fully saturated rings. The van der Waals surface area contributed by atoms with Gasteiger partial charge in [0.05, 0.1) is 22.8 Å². The molecule has 0 bridgehead atoms. The third kappa shape index (κ3) is 8.52. The van der Waals surface area contributed by atoms with Crippen molar-refractivity contribution < 1.29 is 14.5 Å². The lowest BCUT2D eigenvalue weighted by Crippen LogP contribution is -2.22. The highest BCUT2D eigenvalue weighted by Crippen LogP contribution is 2.39. The van der Waals surface area contributed by atoms with Crippen LogP contribution in [0.2, 0.25) is 0 Å². The van der Waals surface area contributed by atoms with Gasteiger partial charge in [-0.25, -0.2) is 0 Å². The lowest BCUT2D eigenvalue weighted by Gasteiger charge is -2.20. The van der Waals surface area contributed by atoms with Gasteiger partial charge in [-0.15, -0.1) is 0 Å². The average Bonchev–Trinajstić information content (AvgIpc) is 3.89. The van der Waals surface area contributed by atoms with Gasteiger partial charge in [0.15, 0.2) is 17.0 Å². The summed E-state index contributed by atoms with van der Waals surface area (Å²) in [7, 11) is 3.84. The fourth-order valence-electron chi connectivity index (χ4n) is 6.58. The zero-order chi connectivity index (χ0) is 36.7. The molecule has 2 aromatic carbocycles. The predicted octanol–water partition coefficient (Wildman–Crippen LogP) is 8.01. The minimum Gasteiger partial charge on any atom is -0.384 e. The first-order valence-corrected chi connectivity index (χ1v) is 18.6. The fraction of sp³-hybridized carbons (Fsp3) is 0.475. The van der Waals surface area contributed by atoms with Crippen LogP contribution in [0.25, 0.3) is 0 Å². The van der Waals surface area contributed by atoms with E-state index in [1.807, 2.05) is 77.1 Å². The molecule has 0 radical (unpaired) electrons. The molecule has 2 atom stereocenters. The first-order chi connectivity index (χ1) is 24.1. The monoisotopic (exact) mass is 755 g/mol. The Morgan fingerprint density at radius 1 is 0.804 bits per heavy atom. The fourth-order valence-corrected chi connectivity index (χ4v) is 6.96. The molecule has 0 saturated heterocycles. The summed E-state index contributed by atoms with van der Waals surface area (Å²) in [6.07, 6.45) is 11.0. The van der Waals surface area contributed by atoms with E-state index in [1.54, 1.807) is 4.68 Å². The number of Topliss-reactive ketones (excluding diaryl/α,β-unsaturated/α-hetero) is 1. The number of hydrogen-bond acceptors (Lipinski definition) is 8. The molecule has 10 nitrogen and oxygen atoms in total. The SMILES string of the molecule is Cc1ccc(C2=NOC(C)(c3cn(C)nc3C)C2)cc1Br.Cc1ccc(C2=NOC(C)(c3cn(C)nc3C)C2)cc1C(=O)CC1CC1.NC1CC1. The smallest absolute Gasteiger partial charge is 0.168 e. The lowest BCUT2D eigenvalue weighted by atomic mass is 9.88. The van der Waals surface area contributed by atoms with E-state index in [0.717, 1.165) is 67.1 Å². The van der Waals surface area contributed by atoms with Crippen molar-refractivity contribution in [3.8, 4) is 0 Å². The summed E-state index contributed by atoms with van der Waals surface area (Å²) >= 11 is 3.57. The molecule has 0 spiro atoms. The highest BCUT2D eigenvalue weighted by molar-refractivity contribution is 9.10. The van der Waals surface area contributed by atoms with Crippen molar-refractivity contribution in [1.29, 1.82) is 0 Å². The van der Waals surface area contributed by atoms with Crippen molar-refractivity contribution >= 4 is 33.1 Å². The molecule has 2 unspecified atom stereocenters. The molecule has 2 aromatic heterocycles. The average molecular weight is 757 g/mol. The van der Waals surface area contributed by atoms with Crippen LogP contribution in [0, 0.1) is 33.6 Å². The standard InChI is InChI=1S/C21H25N3O2.C16H18BrN3O.C3H7N/c1-13-5-8-16(10-17(13)20(25)9-15-6-7-15)19-11-21(3,26-23-19)18-12-24(4)22-14(18)2;1-10-5-6-12(7-14(10)17)15-8-16(3,21-19-15)13-9-20(4)18-11(13)2;4-3-1-2-3/h5,8,10,12,15H,6-7,9,11H2,1-4H3;5-7,9H,8H2,1-4H3;3H,1-2,4H2. The van der Waals surface area contributed by atoms with Crippen LogP contribution in [-0.2, 0) is 35.0 Å². The summed E-state index contributed by atoms with van der Waals surface area (Å²) in [5, 5.41) is 17.5. The Kier molecular flexibility index (Phi) is 10.4. The van der Waals surface area contributed by atoms with Crippen LogP contribution in [0.3, 0.4) is 0 Å². The third-order valence-corrected chi connectivity index (χ3v) is 10.9. The van der Waals surface area contributed by atoms with Gasteiger partial charge in [0.1, 0.15) is 0 Å². The molecule has 2 aliphatic heterocycles. The molecule has 8 rings (SSSR count). The van der Waals surface area contributed by atoms with E-state index in [0.29, 0.717) is 24.8 Å². The van der Waals surface area contributed by atoms with Gasteiger partial charge in [-0.1, -0.05) is 50.5 Å². The summed E-state index contributed by atoms with van der Waals surface area (Å²) < 4.78 is 4.71. The first-order valence-electron chi connectivity index (χ1n) is 17.8. The molecular weight excluding hydrogens is 706 g/mol. The lowest BCUT2D eigenvalue weighted by molar-refractivity contribution is -0.00809. The van der Waals surface area contributed by atoms with Crippen LogP contribution >= 0.6 is 15.9 Å². The highest BCUT2D eigenvalue weighted by Gasteiger charge is 2.40. The number of carbonyl (C=O) groups excluding carboxylic acids is 1. The maximum atomic E-state index is 12.6. The molecular formula is C40H50BrN7O3. The van der Waals surface area contributed by atoms with E-state index in [1.165, 1.54) is 31.2 Å². The summed E-state index contributed by atoms with van der Waals surface area (Å²) in [5.41, 5.74) is 15.3. The Bertz CT molecular complexity index is 2000. The van der Waals surface area contributed by atoms with E-state index in [4.69, 9.17) is 15.4 Å². The van der Waals surface area contributed by atoms with Crippen LogP contribution in [0.5, 0.6) is 0 Å². The van der Waals surface area contributed by atoms with Crippen LogP contribution in [-0.4, -0.2) is 42.8 Å². The van der Waals surface area contributed by atoms with Gasteiger partial charge in [0, 0.05) is 84.1 Å². The van der Waals surface area contributed by atoms with Gasteiger partial charge in [0.25, 0.3) is 0 Å². The van der Waals surface area contributed by atoms with E-state index in [9.17, 15) is 4.79 Å². The molecule has 4 aromatic rings. The Labute approximate surface area is 309 Å². The Morgan fingerprint density at radius 3 is 1.69 bits per heavy atom. The van der Waals surface area contributed by atoms with Crippen LogP contribution in [0.1, 0.15) is 114 Å². The number of aromatic nitrogens is 4. The quantitative estimate of drug-likeness (QED) is 0.191. The zero-order valence-electron chi connectivity index (χ0n) is 31.1. The molecule has 0 amide bonds. The number of carbonyl (C=O) groups is 1. The summed E-state index contributed by atoms with van der Waals surface area (Å²) in [6, 6.07) is 12.9. The maximum Gasteiger partial charge on any atom is 0.168 e. The van der Waals surface area contributed by atoms with Crippen molar-refractivity contribution in [2.45, 2.75) is 104 Å². The number of aryl methyl sites for hydroxylation is 6. The van der Waals surface area contributed by atoms with Crippen LogP contribution in [0.15, 0.2) is 63.6 Å². The van der Waals surface area contributed by atoms with Crippen molar-refractivity contribution in [1.82, 2.24) is 19.6 Å². The van der Waals surface area contributed by atoms with Crippen molar-refractivity contribution in [3.05, 3.63) is 104 Å². The number of halogens is 1. The normalized spacial score (nSPS) is 22.2. The topological polar surface area (TPSA) is 122 Å². The number of rotatable bonds is 7. The maximum absolute atomic E-state index is 12.6. The van der Waals surface area contributed by atoms with Gasteiger partial charge in [0.2, 0.25) is 0 Å². The molecule has 2 aliphatic carbocycles. The third-order valence-electron chi connectivity index (χ3n) is 10.1. The Morgan fingerprint density at radius 2 is 1.27 bits per heavy atom. The second kappa shape index (κ2) is 14.5. The van der Waals surface area contributed by atoms with E-state index >= 15 is 0 Å². The number of oxime groups is 2. The number of ketones is 1. The largest absolute Gasteiger partial charge is 0.384 e. The van der Waals surface area contributed by atoms with Crippen molar-refractivity contribution in [2.24, 2.45) is 36.1 Å². The second-order valence-corrected chi connectivity index (χ2v) is 15.9. The summed E-state index contributed by atoms with van der Waals surface area (Å²) in [6.45, 7) is 12.2. The molecule has 51 heavy (non-hydrogen) atoms. The highest BCUT2D eigenvalue weighted by atomic mass is 79.9. The minimum atomic E-state index is -0.517. The number of nitrogens with zero attached hydrogens (tertiary/aromatic N) is 6. The van der Waals surface area contributed by atoms with Gasteiger partial charge < -0.3 is 15.4 Å².